The van der Waals surface area contributed by atoms with Gasteiger partial charge in [0.15, 0.2) is 6.10 Å². The molecule has 0 saturated heterocycles. The van der Waals surface area contributed by atoms with E-state index in [0.717, 1.165) is 5.56 Å². The molecular weight excluding hydrogens is 288 g/mol. The molecule has 0 radical (unpaired) electrons. The molecule has 2 aromatic carbocycles. The minimum Gasteiger partial charge on any atom is -0.481 e. The molecule has 2 aromatic rings. The van der Waals surface area contributed by atoms with Gasteiger partial charge in [-0.3, -0.25) is 4.79 Å². The molecule has 0 aliphatic rings. The molecule has 23 heavy (non-hydrogen) atoms. The lowest BCUT2D eigenvalue weighted by molar-refractivity contribution is -0.138. The summed E-state index contributed by atoms with van der Waals surface area (Å²) < 4.78 is 5.70. The first-order chi connectivity index (χ1) is 11.2. The molecule has 1 unspecified atom stereocenters. The second kappa shape index (κ2) is 8.60. The van der Waals surface area contributed by atoms with Crippen LogP contribution in [0.1, 0.15) is 18.9 Å². The summed E-state index contributed by atoms with van der Waals surface area (Å²) in [5.74, 6) is 0.543. The van der Waals surface area contributed by atoms with E-state index >= 15 is 0 Å². The molecule has 118 valence electrons. The Labute approximate surface area is 136 Å². The van der Waals surface area contributed by atoms with Gasteiger partial charge in [-0.2, -0.15) is 5.26 Å². The summed E-state index contributed by atoms with van der Waals surface area (Å²) in [5, 5.41) is 8.82. The van der Waals surface area contributed by atoms with Gasteiger partial charge >= 0.3 is 0 Å². The molecule has 1 atom stereocenters. The van der Waals surface area contributed by atoms with E-state index in [4.69, 9.17) is 10.00 Å². The third-order valence-corrected chi connectivity index (χ3v) is 3.43. The highest BCUT2D eigenvalue weighted by molar-refractivity contribution is 5.81. The number of carbonyl (C=O) groups excluding carboxylic acids is 1. The lowest BCUT2D eigenvalue weighted by atomic mass is 10.2. The Morgan fingerprint density at radius 1 is 1.13 bits per heavy atom. The number of para-hydroxylation sites is 1. The fourth-order valence-corrected chi connectivity index (χ4v) is 2.27. The molecule has 0 spiro atoms. The van der Waals surface area contributed by atoms with Crippen LogP contribution in [0.2, 0.25) is 0 Å². The van der Waals surface area contributed by atoms with E-state index in [1.54, 1.807) is 11.8 Å². The average molecular weight is 308 g/mol. The zero-order valence-electron chi connectivity index (χ0n) is 13.2. The highest BCUT2D eigenvalue weighted by Gasteiger charge is 2.22. The number of ether oxygens (including phenoxy) is 1. The van der Waals surface area contributed by atoms with Crippen molar-refractivity contribution in [3.63, 3.8) is 0 Å². The van der Waals surface area contributed by atoms with Crippen LogP contribution in [0.4, 0.5) is 0 Å². The van der Waals surface area contributed by atoms with Crippen molar-refractivity contribution in [3.05, 3.63) is 66.2 Å². The fourth-order valence-electron chi connectivity index (χ4n) is 2.27. The Hall–Kier alpha value is -2.80. The van der Waals surface area contributed by atoms with Crippen molar-refractivity contribution in [3.8, 4) is 11.8 Å². The summed E-state index contributed by atoms with van der Waals surface area (Å²) in [5.41, 5.74) is 1.03. The van der Waals surface area contributed by atoms with E-state index in [1.165, 1.54) is 0 Å². The monoisotopic (exact) mass is 308 g/mol. The Morgan fingerprint density at radius 2 is 1.74 bits per heavy atom. The van der Waals surface area contributed by atoms with E-state index in [1.807, 2.05) is 60.7 Å². The van der Waals surface area contributed by atoms with Gasteiger partial charge in [0.25, 0.3) is 5.91 Å². The number of benzene rings is 2. The molecule has 0 bridgehead atoms. The van der Waals surface area contributed by atoms with Crippen molar-refractivity contribution < 1.29 is 9.53 Å². The average Bonchev–Trinajstić information content (AvgIpc) is 2.59. The van der Waals surface area contributed by atoms with Crippen LogP contribution >= 0.6 is 0 Å². The number of hydrogen-bond donors (Lipinski definition) is 0. The minimum absolute atomic E-state index is 0.118. The largest absolute Gasteiger partial charge is 0.481 e. The molecule has 0 saturated carbocycles. The number of carbonyl (C=O) groups is 1. The number of nitrogens with zero attached hydrogens (tertiary/aromatic N) is 2. The summed E-state index contributed by atoms with van der Waals surface area (Å²) in [7, 11) is 0. The molecular formula is C19H20N2O2. The zero-order chi connectivity index (χ0) is 16.5. The fraction of sp³-hybridized carbons (Fsp3) is 0.263. The van der Waals surface area contributed by atoms with Crippen LogP contribution in [0.25, 0.3) is 0 Å². The smallest absolute Gasteiger partial charge is 0.263 e. The van der Waals surface area contributed by atoms with Crippen molar-refractivity contribution in [2.24, 2.45) is 0 Å². The van der Waals surface area contributed by atoms with E-state index in [2.05, 4.69) is 6.07 Å². The maximum Gasteiger partial charge on any atom is 0.263 e. The summed E-state index contributed by atoms with van der Waals surface area (Å²) in [6, 6.07) is 21.1. The van der Waals surface area contributed by atoms with Gasteiger partial charge in [-0.1, -0.05) is 48.5 Å². The zero-order valence-corrected chi connectivity index (χ0v) is 13.2. The maximum absolute atomic E-state index is 12.6. The van der Waals surface area contributed by atoms with E-state index in [-0.39, 0.29) is 5.91 Å². The molecule has 2 rings (SSSR count). The van der Waals surface area contributed by atoms with Crippen LogP contribution in [-0.2, 0) is 11.3 Å². The van der Waals surface area contributed by atoms with Crippen LogP contribution in [0.15, 0.2) is 60.7 Å². The van der Waals surface area contributed by atoms with Gasteiger partial charge in [-0.25, -0.2) is 0 Å². The molecule has 1 amide bonds. The predicted molar refractivity (Wildman–Crippen MR) is 88.6 cm³/mol. The molecule has 0 fully saturated rings. The number of rotatable bonds is 7. The van der Waals surface area contributed by atoms with Gasteiger partial charge in [0.05, 0.1) is 12.5 Å². The van der Waals surface area contributed by atoms with Crippen molar-refractivity contribution in [1.29, 1.82) is 5.26 Å². The van der Waals surface area contributed by atoms with Gasteiger partial charge in [0.1, 0.15) is 5.75 Å². The van der Waals surface area contributed by atoms with Gasteiger partial charge in [0, 0.05) is 13.1 Å². The van der Waals surface area contributed by atoms with Crippen LogP contribution in [0.3, 0.4) is 0 Å². The standard InChI is InChI=1S/C19H20N2O2/c1-16(23-18-11-6-3-7-12-18)19(22)21(14-8-13-20)15-17-9-4-2-5-10-17/h2-7,9-12,16H,8,14-15H2,1H3. The molecule has 0 heterocycles. The summed E-state index contributed by atoms with van der Waals surface area (Å²) >= 11 is 0. The summed E-state index contributed by atoms with van der Waals surface area (Å²) in [6.45, 7) is 2.61. The third-order valence-electron chi connectivity index (χ3n) is 3.43. The Balaban J connectivity index is 2.04. The van der Waals surface area contributed by atoms with E-state index in [9.17, 15) is 4.79 Å². The van der Waals surface area contributed by atoms with Gasteiger partial charge in [-0.05, 0) is 24.6 Å². The van der Waals surface area contributed by atoms with Gasteiger partial charge in [0.2, 0.25) is 0 Å². The van der Waals surface area contributed by atoms with E-state index < -0.39 is 6.10 Å². The molecule has 0 aliphatic heterocycles. The lowest BCUT2D eigenvalue weighted by Crippen LogP contribution is -2.40. The normalized spacial score (nSPS) is 11.3. The predicted octanol–water partition coefficient (Wildman–Crippen LogP) is 3.40. The van der Waals surface area contributed by atoms with Crippen LogP contribution < -0.4 is 4.74 Å². The van der Waals surface area contributed by atoms with Crippen molar-refractivity contribution in [2.75, 3.05) is 6.54 Å². The Kier molecular flexibility index (Phi) is 6.19. The Morgan fingerprint density at radius 3 is 2.35 bits per heavy atom. The third kappa shape index (κ3) is 5.15. The van der Waals surface area contributed by atoms with E-state index in [0.29, 0.717) is 25.3 Å². The molecule has 0 N–H and O–H groups in total. The van der Waals surface area contributed by atoms with Gasteiger partial charge < -0.3 is 9.64 Å². The van der Waals surface area contributed by atoms with Gasteiger partial charge in [-0.15, -0.1) is 0 Å². The molecule has 4 nitrogen and oxygen atoms in total. The summed E-state index contributed by atoms with van der Waals surface area (Å²) in [6.07, 6.45) is -0.295. The number of hydrogen-bond acceptors (Lipinski definition) is 3. The maximum atomic E-state index is 12.6. The SMILES string of the molecule is CC(Oc1ccccc1)C(=O)N(CCC#N)Cc1ccccc1. The van der Waals surface area contributed by atoms with Crippen LogP contribution in [-0.4, -0.2) is 23.5 Å². The van der Waals surface area contributed by atoms with Crippen molar-refractivity contribution >= 4 is 5.91 Å². The number of amides is 1. The first-order valence-electron chi connectivity index (χ1n) is 7.62. The Bertz CT molecular complexity index is 650. The molecule has 4 heteroatoms. The quantitative estimate of drug-likeness (QED) is 0.787. The van der Waals surface area contributed by atoms with Crippen LogP contribution in [0, 0.1) is 11.3 Å². The first-order valence-corrected chi connectivity index (χ1v) is 7.62. The first kappa shape index (κ1) is 16.6. The summed E-state index contributed by atoms with van der Waals surface area (Å²) in [4.78, 5) is 14.3. The second-order valence-electron chi connectivity index (χ2n) is 5.23. The highest BCUT2D eigenvalue weighted by Crippen LogP contribution is 2.14. The molecule has 0 aromatic heterocycles. The topological polar surface area (TPSA) is 53.3 Å². The van der Waals surface area contributed by atoms with Crippen molar-refractivity contribution in [1.82, 2.24) is 4.90 Å². The van der Waals surface area contributed by atoms with Crippen molar-refractivity contribution in [2.45, 2.75) is 26.0 Å². The lowest BCUT2D eigenvalue weighted by Gasteiger charge is -2.25. The minimum atomic E-state index is -0.597. The second-order valence-corrected chi connectivity index (χ2v) is 5.23. The molecule has 0 aliphatic carbocycles. The number of nitriles is 1. The van der Waals surface area contributed by atoms with Crippen LogP contribution in [0.5, 0.6) is 5.75 Å². The highest BCUT2D eigenvalue weighted by atomic mass is 16.5.